The molecule has 0 bridgehead atoms. The molecule has 0 aliphatic carbocycles. The summed E-state index contributed by atoms with van der Waals surface area (Å²) in [6, 6.07) is 13.6. The summed E-state index contributed by atoms with van der Waals surface area (Å²) < 4.78 is 23.7. The van der Waals surface area contributed by atoms with E-state index in [4.69, 9.17) is 5.11 Å². The fraction of sp³-hybridized carbons (Fsp3) is 0.316. The van der Waals surface area contributed by atoms with Crippen LogP contribution in [0.25, 0.3) is 0 Å². The number of rotatable bonds is 7. The lowest BCUT2D eigenvalue weighted by atomic mass is 10.0. The Hall–Kier alpha value is -2.38. The topological polar surface area (TPSA) is 95.5 Å². The van der Waals surface area contributed by atoms with Crippen LogP contribution in [0.2, 0.25) is 0 Å². The van der Waals surface area contributed by atoms with Crippen LogP contribution < -0.4 is 10.6 Å². The van der Waals surface area contributed by atoms with Gasteiger partial charge in [-0.15, -0.1) is 0 Å². The second-order valence-electron chi connectivity index (χ2n) is 6.27. The molecule has 0 atom stereocenters. The summed E-state index contributed by atoms with van der Waals surface area (Å²) in [5, 5.41) is 14.3. The zero-order valence-corrected chi connectivity index (χ0v) is 15.7. The van der Waals surface area contributed by atoms with Crippen molar-refractivity contribution in [1.82, 2.24) is 5.32 Å². The lowest BCUT2D eigenvalue weighted by Gasteiger charge is -2.10. The van der Waals surface area contributed by atoms with Gasteiger partial charge in [0.2, 0.25) is 0 Å². The lowest BCUT2D eigenvalue weighted by molar-refractivity contribution is 0.251. The number of benzene rings is 2. The first-order valence-electron chi connectivity index (χ1n) is 8.39. The fourth-order valence-electron chi connectivity index (χ4n) is 2.36. The molecule has 3 N–H and O–H groups in total. The second kappa shape index (κ2) is 8.82. The van der Waals surface area contributed by atoms with Crippen LogP contribution in [0.4, 0.5) is 10.5 Å². The van der Waals surface area contributed by atoms with E-state index in [2.05, 4.69) is 24.5 Å². The molecule has 0 spiro atoms. The predicted molar refractivity (Wildman–Crippen MR) is 102 cm³/mol. The van der Waals surface area contributed by atoms with E-state index in [0.29, 0.717) is 11.6 Å². The van der Waals surface area contributed by atoms with Crippen molar-refractivity contribution < 1.29 is 18.3 Å². The summed E-state index contributed by atoms with van der Waals surface area (Å²) in [5.41, 5.74) is 2.68. The third-order valence-electron chi connectivity index (χ3n) is 3.93. The highest BCUT2D eigenvalue weighted by atomic mass is 32.2. The molecule has 2 rings (SSSR count). The van der Waals surface area contributed by atoms with Crippen molar-refractivity contribution in [2.75, 3.05) is 17.7 Å². The zero-order chi connectivity index (χ0) is 19.2. The van der Waals surface area contributed by atoms with Crippen molar-refractivity contribution in [3.05, 3.63) is 59.7 Å². The number of urea groups is 1. The summed E-state index contributed by atoms with van der Waals surface area (Å²) in [6.07, 6.45) is 0. The Kier molecular flexibility index (Phi) is 6.76. The molecule has 6 nitrogen and oxygen atoms in total. The minimum Gasteiger partial charge on any atom is -0.395 e. The molecule has 0 unspecified atom stereocenters. The van der Waals surface area contributed by atoms with Gasteiger partial charge >= 0.3 is 6.03 Å². The Morgan fingerprint density at radius 1 is 1.04 bits per heavy atom. The van der Waals surface area contributed by atoms with Gasteiger partial charge in [0.25, 0.3) is 0 Å². The third-order valence-corrected chi connectivity index (χ3v) is 5.64. The highest BCUT2D eigenvalue weighted by molar-refractivity contribution is 7.91. The monoisotopic (exact) mass is 376 g/mol. The van der Waals surface area contributed by atoms with E-state index in [1.165, 1.54) is 17.7 Å². The maximum Gasteiger partial charge on any atom is 0.319 e. The molecule has 0 aliphatic rings. The van der Waals surface area contributed by atoms with Gasteiger partial charge in [-0.3, -0.25) is 0 Å². The van der Waals surface area contributed by atoms with Crippen LogP contribution in [0.5, 0.6) is 0 Å². The number of anilines is 1. The number of amides is 2. The average molecular weight is 376 g/mol. The maximum atomic E-state index is 12.0. The normalized spacial score (nSPS) is 11.4. The van der Waals surface area contributed by atoms with Crippen LogP contribution in [0.1, 0.15) is 30.9 Å². The summed E-state index contributed by atoms with van der Waals surface area (Å²) in [5.74, 6) is 0.129. The SMILES string of the molecule is CC(C)c1ccc(NC(=O)NCc2ccc(S(=O)(=O)CCO)cc2)cc1. The summed E-state index contributed by atoms with van der Waals surface area (Å²) in [7, 11) is -3.46. The van der Waals surface area contributed by atoms with Gasteiger partial charge in [-0.05, 0) is 41.3 Å². The zero-order valence-electron chi connectivity index (χ0n) is 14.9. The van der Waals surface area contributed by atoms with Crippen molar-refractivity contribution in [3.8, 4) is 0 Å². The number of hydrogen-bond acceptors (Lipinski definition) is 4. The molecule has 0 heterocycles. The number of nitrogens with one attached hydrogen (secondary N) is 2. The van der Waals surface area contributed by atoms with Crippen molar-refractivity contribution >= 4 is 21.6 Å². The summed E-state index contributed by atoms with van der Waals surface area (Å²) in [6.45, 7) is 4.07. The van der Waals surface area contributed by atoms with Gasteiger partial charge < -0.3 is 15.7 Å². The Morgan fingerprint density at radius 3 is 2.19 bits per heavy atom. The van der Waals surface area contributed by atoms with Crippen molar-refractivity contribution in [1.29, 1.82) is 0 Å². The van der Waals surface area contributed by atoms with Gasteiger partial charge in [0.15, 0.2) is 9.84 Å². The first kappa shape index (κ1) is 19.9. The van der Waals surface area contributed by atoms with E-state index in [0.717, 1.165) is 5.56 Å². The standard InChI is InChI=1S/C19H24N2O4S/c1-14(2)16-5-7-17(8-6-16)21-19(23)20-13-15-3-9-18(10-4-15)26(24,25)12-11-22/h3-10,14,22H,11-13H2,1-2H3,(H2,20,21,23). The van der Waals surface area contributed by atoms with Crippen LogP contribution in [-0.2, 0) is 16.4 Å². The van der Waals surface area contributed by atoms with E-state index < -0.39 is 16.4 Å². The molecule has 2 aromatic carbocycles. The molecule has 140 valence electrons. The van der Waals surface area contributed by atoms with Gasteiger partial charge in [-0.1, -0.05) is 38.1 Å². The first-order chi connectivity index (χ1) is 12.3. The Balaban J connectivity index is 1.89. The van der Waals surface area contributed by atoms with Crippen LogP contribution in [-0.4, -0.2) is 31.9 Å². The molecule has 0 aromatic heterocycles. The van der Waals surface area contributed by atoms with Crippen LogP contribution in [0.15, 0.2) is 53.4 Å². The summed E-state index contributed by atoms with van der Waals surface area (Å²) >= 11 is 0. The Labute approximate surface area is 154 Å². The smallest absolute Gasteiger partial charge is 0.319 e. The van der Waals surface area contributed by atoms with Gasteiger partial charge in [0, 0.05) is 12.2 Å². The molecule has 2 aromatic rings. The predicted octanol–water partition coefficient (Wildman–Crippen LogP) is 2.90. The molecule has 7 heteroatoms. The number of carbonyl (C=O) groups excluding carboxylic acids is 1. The van der Waals surface area contributed by atoms with E-state index >= 15 is 0 Å². The number of carbonyl (C=O) groups is 1. The molecule has 2 amide bonds. The van der Waals surface area contributed by atoms with Gasteiger partial charge in [-0.25, -0.2) is 13.2 Å². The van der Waals surface area contributed by atoms with Crippen LogP contribution in [0.3, 0.4) is 0 Å². The third kappa shape index (κ3) is 5.57. The minimum absolute atomic E-state index is 0.157. The Morgan fingerprint density at radius 2 is 1.65 bits per heavy atom. The Bertz CT molecular complexity index is 829. The average Bonchev–Trinajstić information content (AvgIpc) is 2.61. The molecule has 0 fully saturated rings. The van der Waals surface area contributed by atoms with E-state index in [1.54, 1.807) is 12.1 Å². The van der Waals surface area contributed by atoms with Crippen molar-refractivity contribution in [2.45, 2.75) is 31.2 Å². The minimum atomic E-state index is -3.46. The number of hydrogen-bond donors (Lipinski definition) is 3. The molecule has 0 aliphatic heterocycles. The fourth-order valence-corrected chi connectivity index (χ4v) is 3.39. The second-order valence-corrected chi connectivity index (χ2v) is 8.38. The van der Waals surface area contributed by atoms with Crippen molar-refractivity contribution in [2.24, 2.45) is 0 Å². The van der Waals surface area contributed by atoms with E-state index in [-0.39, 0.29) is 23.2 Å². The highest BCUT2D eigenvalue weighted by Gasteiger charge is 2.13. The van der Waals surface area contributed by atoms with Crippen LogP contribution in [0, 0.1) is 0 Å². The summed E-state index contributed by atoms with van der Waals surface area (Å²) in [4.78, 5) is 12.1. The maximum absolute atomic E-state index is 12.0. The number of sulfone groups is 1. The number of aliphatic hydroxyl groups is 1. The highest BCUT2D eigenvalue weighted by Crippen LogP contribution is 2.17. The van der Waals surface area contributed by atoms with E-state index in [9.17, 15) is 13.2 Å². The largest absolute Gasteiger partial charge is 0.395 e. The number of aliphatic hydroxyl groups excluding tert-OH is 1. The first-order valence-corrected chi connectivity index (χ1v) is 10.0. The van der Waals surface area contributed by atoms with E-state index in [1.807, 2.05) is 24.3 Å². The molecular formula is C19H24N2O4S. The van der Waals surface area contributed by atoms with Gasteiger partial charge in [-0.2, -0.15) is 0 Å². The van der Waals surface area contributed by atoms with Crippen molar-refractivity contribution in [3.63, 3.8) is 0 Å². The lowest BCUT2D eigenvalue weighted by Crippen LogP contribution is -2.28. The molecule has 26 heavy (non-hydrogen) atoms. The molecular weight excluding hydrogens is 352 g/mol. The molecule has 0 saturated heterocycles. The quantitative estimate of drug-likeness (QED) is 0.692. The molecule has 0 saturated carbocycles. The van der Waals surface area contributed by atoms with Gasteiger partial charge in [0.05, 0.1) is 17.3 Å². The van der Waals surface area contributed by atoms with Crippen LogP contribution >= 0.6 is 0 Å². The van der Waals surface area contributed by atoms with Gasteiger partial charge in [0.1, 0.15) is 0 Å². The molecule has 0 radical (unpaired) electrons.